The van der Waals surface area contributed by atoms with Gasteiger partial charge in [-0.25, -0.2) is 4.79 Å². The van der Waals surface area contributed by atoms with Gasteiger partial charge in [0, 0.05) is 18.8 Å². The van der Waals surface area contributed by atoms with Crippen LogP contribution in [0.25, 0.3) is 0 Å². The average molecular weight is 271 g/mol. The lowest BCUT2D eigenvalue weighted by molar-refractivity contribution is 0.0697. The van der Waals surface area contributed by atoms with Crippen LogP contribution in [0.2, 0.25) is 5.02 Å². The maximum atomic E-state index is 10.8. The first-order valence-electron chi connectivity index (χ1n) is 6.07. The van der Waals surface area contributed by atoms with Gasteiger partial charge >= 0.3 is 5.97 Å². The molecule has 0 aromatic heterocycles. The van der Waals surface area contributed by atoms with Gasteiger partial charge in [-0.05, 0) is 31.3 Å². The van der Waals surface area contributed by atoms with Crippen molar-refractivity contribution in [1.82, 2.24) is 4.90 Å². The zero-order valence-corrected chi connectivity index (χ0v) is 11.5. The van der Waals surface area contributed by atoms with E-state index in [1.54, 1.807) is 12.1 Å². The van der Waals surface area contributed by atoms with Gasteiger partial charge in [0.05, 0.1) is 10.6 Å². The molecule has 0 bridgehead atoms. The van der Waals surface area contributed by atoms with Gasteiger partial charge in [-0.3, -0.25) is 0 Å². The molecule has 0 atom stereocenters. The van der Waals surface area contributed by atoms with Crippen molar-refractivity contribution >= 4 is 23.3 Å². The van der Waals surface area contributed by atoms with Crippen molar-refractivity contribution in [3.8, 4) is 0 Å². The van der Waals surface area contributed by atoms with Gasteiger partial charge in [0.25, 0.3) is 0 Å². The topological polar surface area (TPSA) is 52.6 Å². The summed E-state index contributed by atoms with van der Waals surface area (Å²) in [5.74, 6) is -1.00. The van der Waals surface area contributed by atoms with Gasteiger partial charge < -0.3 is 15.3 Å². The Balaban J connectivity index is 2.53. The van der Waals surface area contributed by atoms with Crippen molar-refractivity contribution in [1.29, 1.82) is 0 Å². The molecule has 0 spiro atoms. The minimum Gasteiger partial charge on any atom is -0.478 e. The highest BCUT2D eigenvalue weighted by molar-refractivity contribution is 6.33. The lowest BCUT2D eigenvalue weighted by Gasteiger charge is -2.18. The fourth-order valence-electron chi connectivity index (χ4n) is 1.70. The SMILES string of the molecule is CCN(CC)CCNc1ccc(C(=O)O)c(Cl)c1. The Hall–Kier alpha value is -1.26. The van der Waals surface area contributed by atoms with Gasteiger partial charge in [-0.2, -0.15) is 0 Å². The van der Waals surface area contributed by atoms with E-state index in [2.05, 4.69) is 24.1 Å². The number of halogens is 1. The molecule has 0 unspecified atom stereocenters. The van der Waals surface area contributed by atoms with Crippen LogP contribution in [0.15, 0.2) is 18.2 Å². The third-order valence-corrected chi connectivity index (χ3v) is 3.16. The van der Waals surface area contributed by atoms with E-state index in [4.69, 9.17) is 16.7 Å². The number of nitrogens with zero attached hydrogens (tertiary/aromatic N) is 1. The van der Waals surface area contributed by atoms with Crippen molar-refractivity contribution in [2.45, 2.75) is 13.8 Å². The molecule has 0 fully saturated rings. The second-order valence-corrected chi connectivity index (χ2v) is 4.36. The van der Waals surface area contributed by atoms with Gasteiger partial charge in [-0.15, -0.1) is 0 Å². The van der Waals surface area contributed by atoms with E-state index in [9.17, 15) is 4.79 Å². The highest BCUT2D eigenvalue weighted by Gasteiger charge is 2.08. The summed E-state index contributed by atoms with van der Waals surface area (Å²) in [6, 6.07) is 4.90. The standard InChI is InChI=1S/C13H19ClN2O2/c1-3-16(4-2)8-7-15-10-5-6-11(13(17)18)12(14)9-10/h5-6,9,15H,3-4,7-8H2,1-2H3,(H,17,18). The van der Waals surface area contributed by atoms with Crippen LogP contribution in [0.4, 0.5) is 5.69 Å². The number of likely N-dealkylation sites (N-methyl/N-ethyl adjacent to an activating group) is 1. The van der Waals surface area contributed by atoms with Crippen molar-refractivity contribution in [3.63, 3.8) is 0 Å². The molecule has 1 rings (SSSR count). The molecule has 5 heteroatoms. The Bertz CT molecular complexity index is 406. The maximum absolute atomic E-state index is 10.8. The predicted octanol–water partition coefficient (Wildman–Crippen LogP) is 2.79. The van der Waals surface area contributed by atoms with Crippen molar-refractivity contribution in [3.05, 3.63) is 28.8 Å². The lowest BCUT2D eigenvalue weighted by atomic mass is 10.2. The third-order valence-electron chi connectivity index (χ3n) is 2.85. The number of aromatic carboxylic acids is 1. The van der Waals surface area contributed by atoms with Crippen LogP contribution in [0.5, 0.6) is 0 Å². The van der Waals surface area contributed by atoms with Crippen LogP contribution >= 0.6 is 11.6 Å². The predicted molar refractivity (Wildman–Crippen MR) is 74.7 cm³/mol. The number of carboxylic acids is 1. The minimum absolute atomic E-state index is 0.131. The summed E-state index contributed by atoms with van der Waals surface area (Å²) in [4.78, 5) is 13.1. The number of carboxylic acid groups (broad SMARTS) is 1. The summed E-state index contributed by atoms with van der Waals surface area (Å²) < 4.78 is 0. The molecule has 0 heterocycles. The van der Waals surface area contributed by atoms with E-state index < -0.39 is 5.97 Å². The third kappa shape index (κ3) is 4.20. The van der Waals surface area contributed by atoms with Crippen LogP contribution in [0, 0.1) is 0 Å². The van der Waals surface area contributed by atoms with Gasteiger partial charge in [-0.1, -0.05) is 25.4 Å². The molecule has 1 aromatic carbocycles. The van der Waals surface area contributed by atoms with Crippen LogP contribution in [0.3, 0.4) is 0 Å². The molecule has 0 saturated carbocycles. The summed E-state index contributed by atoms with van der Waals surface area (Å²) in [5, 5.41) is 12.3. The average Bonchev–Trinajstić information content (AvgIpc) is 2.34. The second-order valence-electron chi connectivity index (χ2n) is 3.95. The van der Waals surface area contributed by atoms with Crippen LogP contribution in [-0.2, 0) is 0 Å². The van der Waals surface area contributed by atoms with Gasteiger partial charge in [0.2, 0.25) is 0 Å². The summed E-state index contributed by atoms with van der Waals surface area (Å²) in [7, 11) is 0. The molecule has 0 aliphatic rings. The summed E-state index contributed by atoms with van der Waals surface area (Å²) in [6.07, 6.45) is 0. The fourth-order valence-corrected chi connectivity index (χ4v) is 1.96. The molecule has 4 nitrogen and oxygen atoms in total. The molecule has 18 heavy (non-hydrogen) atoms. The molecule has 0 saturated heterocycles. The number of rotatable bonds is 7. The fraction of sp³-hybridized carbons (Fsp3) is 0.462. The Morgan fingerprint density at radius 3 is 2.56 bits per heavy atom. The molecular weight excluding hydrogens is 252 g/mol. The number of anilines is 1. The number of hydrogen-bond acceptors (Lipinski definition) is 3. The van der Waals surface area contributed by atoms with E-state index >= 15 is 0 Å². The van der Waals surface area contributed by atoms with Gasteiger partial charge in [0.15, 0.2) is 0 Å². The first kappa shape index (κ1) is 14.8. The normalized spacial score (nSPS) is 10.7. The van der Waals surface area contributed by atoms with E-state index in [0.29, 0.717) is 0 Å². The van der Waals surface area contributed by atoms with E-state index in [1.165, 1.54) is 6.07 Å². The Morgan fingerprint density at radius 1 is 1.39 bits per heavy atom. The summed E-state index contributed by atoms with van der Waals surface area (Å²) >= 11 is 5.89. The number of nitrogens with one attached hydrogen (secondary N) is 1. The summed E-state index contributed by atoms with van der Waals surface area (Å²) in [5.41, 5.74) is 0.975. The quantitative estimate of drug-likeness (QED) is 0.800. The molecule has 0 aliphatic carbocycles. The van der Waals surface area contributed by atoms with E-state index in [-0.39, 0.29) is 10.6 Å². The molecule has 0 aliphatic heterocycles. The zero-order valence-electron chi connectivity index (χ0n) is 10.7. The smallest absolute Gasteiger partial charge is 0.337 e. The van der Waals surface area contributed by atoms with Crippen molar-refractivity contribution in [2.24, 2.45) is 0 Å². The number of benzene rings is 1. The Labute approximate surface area is 113 Å². The maximum Gasteiger partial charge on any atom is 0.337 e. The Kier molecular flexibility index (Phi) is 5.95. The van der Waals surface area contributed by atoms with E-state index in [0.717, 1.165) is 31.9 Å². The first-order chi connectivity index (χ1) is 8.58. The molecule has 2 N–H and O–H groups in total. The van der Waals surface area contributed by atoms with E-state index in [1.807, 2.05) is 0 Å². The Morgan fingerprint density at radius 2 is 2.06 bits per heavy atom. The van der Waals surface area contributed by atoms with Crippen LogP contribution < -0.4 is 5.32 Å². The molecule has 0 amide bonds. The van der Waals surface area contributed by atoms with Crippen molar-refractivity contribution in [2.75, 3.05) is 31.5 Å². The number of carbonyl (C=O) groups is 1. The molecular formula is C13H19ClN2O2. The second kappa shape index (κ2) is 7.24. The zero-order chi connectivity index (χ0) is 13.5. The van der Waals surface area contributed by atoms with Crippen LogP contribution in [-0.4, -0.2) is 42.2 Å². The minimum atomic E-state index is -1.00. The summed E-state index contributed by atoms with van der Waals surface area (Å²) in [6.45, 7) is 8.06. The molecule has 1 aromatic rings. The molecule has 100 valence electrons. The number of hydrogen-bond donors (Lipinski definition) is 2. The van der Waals surface area contributed by atoms with Crippen molar-refractivity contribution < 1.29 is 9.90 Å². The highest BCUT2D eigenvalue weighted by atomic mass is 35.5. The monoisotopic (exact) mass is 270 g/mol. The highest BCUT2D eigenvalue weighted by Crippen LogP contribution is 2.20. The van der Waals surface area contributed by atoms with Gasteiger partial charge in [0.1, 0.15) is 0 Å². The molecule has 0 radical (unpaired) electrons. The van der Waals surface area contributed by atoms with Crippen LogP contribution in [0.1, 0.15) is 24.2 Å². The first-order valence-corrected chi connectivity index (χ1v) is 6.45. The largest absolute Gasteiger partial charge is 0.478 e. The lowest BCUT2D eigenvalue weighted by Crippen LogP contribution is -2.28.